The number of nitrogens with zero attached hydrogens (tertiary/aromatic N) is 3. The van der Waals surface area contributed by atoms with E-state index < -0.39 is 40.5 Å². The van der Waals surface area contributed by atoms with Gasteiger partial charge < -0.3 is 9.64 Å². The third-order valence-corrected chi connectivity index (χ3v) is 5.34. The minimum atomic E-state index is -4.83. The Morgan fingerprint density at radius 3 is 2.31 bits per heavy atom. The molecule has 0 aromatic heterocycles. The van der Waals surface area contributed by atoms with Gasteiger partial charge >= 0.3 is 12.1 Å². The molecule has 1 fully saturated rings. The Kier molecular flexibility index (Phi) is 5.69. The fraction of sp³-hybridized carbons (Fsp3) is 0.238. The van der Waals surface area contributed by atoms with Gasteiger partial charge in [0.05, 0.1) is 35.6 Å². The summed E-state index contributed by atoms with van der Waals surface area (Å²) in [6.07, 6.45) is -4.83. The molecule has 166 valence electrons. The number of alkyl halides is 3. The summed E-state index contributed by atoms with van der Waals surface area (Å²) >= 11 is 5.37. The molecule has 1 aliphatic rings. The molecule has 1 aliphatic heterocycles. The van der Waals surface area contributed by atoms with Crippen LogP contribution in [0.4, 0.5) is 28.9 Å². The monoisotopic (exact) mass is 465 g/mol. The van der Waals surface area contributed by atoms with Crippen LogP contribution in [0.5, 0.6) is 0 Å². The molecule has 11 heteroatoms. The van der Waals surface area contributed by atoms with Gasteiger partial charge in [0.2, 0.25) is 0 Å². The number of ether oxygens (including phenoxy) is 1. The maximum absolute atomic E-state index is 14.5. The van der Waals surface area contributed by atoms with Crippen molar-refractivity contribution < 1.29 is 31.9 Å². The molecule has 3 rings (SSSR count). The van der Waals surface area contributed by atoms with Crippen LogP contribution in [0.1, 0.15) is 35.3 Å². The van der Waals surface area contributed by atoms with Crippen molar-refractivity contribution in [2.45, 2.75) is 25.6 Å². The number of carbonyl (C=O) groups is 2. The molecule has 1 heterocycles. The fourth-order valence-electron chi connectivity index (χ4n) is 3.38. The summed E-state index contributed by atoms with van der Waals surface area (Å²) in [5, 5.41) is 8.80. The number of hydrogen-bond acceptors (Lipinski definition) is 5. The molecule has 2 aromatic rings. The lowest BCUT2D eigenvalue weighted by Gasteiger charge is -2.29. The first-order chi connectivity index (χ1) is 14.8. The Morgan fingerprint density at radius 1 is 1.16 bits per heavy atom. The van der Waals surface area contributed by atoms with Crippen molar-refractivity contribution >= 4 is 40.6 Å². The first-order valence-electron chi connectivity index (χ1n) is 9.02. The van der Waals surface area contributed by atoms with E-state index in [9.17, 15) is 27.2 Å². The highest BCUT2D eigenvalue weighted by molar-refractivity contribution is 7.81. The highest BCUT2D eigenvalue weighted by Gasteiger charge is 2.51. The van der Waals surface area contributed by atoms with E-state index >= 15 is 0 Å². The average Bonchev–Trinajstić information content (AvgIpc) is 2.90. The first-order valence-corrected chi connectivity index (χ1v) is 9.43. The number of esters is 1. The van der Waals surface area contributed by atoms with E-state index in [1.807, 2.05) is 0 Å². The third-order valence-electron chi connectivity index (χ3n) is 4.97. The number of thiocarbonyl (C=S) groups is 1. The van der Waals surface area contributed by atoms with E-state index in [2.05, 4.69) is 4.74 Å². The van der Waals surface area contributed by atoms with Crippen molar-refractivity contribution in [1.29, 1.82) is 5.26 Å². The molecule has 6 nitrogen and oxygen atoms in total. The lowest BCUT2D eigenvalue weighted by atomic mass is 10.0. The molecule has 0 saturated carbocycles. The Morgan fingerprint density at radius 2 is 1.78 bits per heavy atom. The number of nitriles is 1. The van der Waals surface area contributed by atoms with E-state index in [1.54, 1.807) is 0 Å². The summed E-state index contributed by atoms with van der Waals surface area (Å²) in [4.78, 5) is 26.9. The Hall–Kier alpha value is -3.52. The number of benzene rings is 2. The highest BCUT2D eigenvalue weighted by atomic mass is 32.1. The zero-order valence-corrected chi connectivity index (χ0v) is 17.8. The predicted molar refractivity (Wildman–Crippen MR) is 111 cm³/mol. The zero-order valence-electron chi connectivity index (χ0n) is 17.0. The summed E-state index contributed by atoms with van der Waals surface area (Å²) in [6.45, 7) is 2.95. The number of anilines is 2. The van der Waals surface area contributed by atoms with Crippen LogP contribution in [0, 0.1) is 17.1 Å². The van der Waals surface area contributed by atoms with Crippen molar-refractivity contribution in [1.82, 2.24) is 0 Å². The van der Waals surface area contributed by atoms with Crippen LogP contribution >= 0.6 is 12.2 Å². The number of amides is 1. The molecule has 0 radical (unpaired) electrons. The normalized spacial score (nSPS) is 15.7. The predicted octanol–water partition coefficient (Wildman–Crippen LogP) is 4.42. The second-order valence-electron chi connectivity index (χ2n) is 7.31. The average molecular weight is 465 g/mol. The second kappa shape index (κ2) is 7.87. The van der Waals surface area contributed by atoms with Gasteiger partial charge in [0.25, 0.3) is 5.91 Å². The Bertz CT molecular complexity index is 1190. The maximum Gasteiger partial charge on any atom is 0.417 e. The van der Waals surface area contributed by atoms with Gasteiger partial charge in [-0.2, -0.15) is 18.4 Å². The van der Waals surface area contributed by atoms with Crippen molar-refractivity contribution in [3.63, 3.8) is 0 Å². The van der Waals surface area contributed by atoms with E-state index in [0.29, 0.717) is 6.07 Å². The molecular formula is C21H15F4N3O3S. The highest BCUT2D eigenvalue weighted by Crippen LogP contribution is 2.39. The molecule has 0 unspecified atom stereocenters. The molecular weight excluding hydrogens is 450 g/mol. The summed E-state index contributed by atoms with van der Waals surface area (Å²) in [5.41, 5.74) is -3.60. The number of rotatable bonds is 3. The van der Waals surface area contributed by atoms with Gasteiger partial charge in [-0.15, -0.1) is 0 Å². The zero-order chi connectivity index (χ0) is 24.0. The molecule has 0 spiro atoms. The Balaban J connectivity index is 2.10. The second-order valence-corrected chi connectivity index (χ2v) is 7.68. The van der Waals surface area contributed by atoms with Gasteiger partial charge in [-0.05, 0) is 62.5 Å². The molecule has 32 heavy (non-hydrogen) atoms. The first kappa shape index (κ1) is 23.1. The minimum absolute atomic E-state index is 0.116. The Labute approximate surface area is 185 Å². The van der Waals surface area contributed by atoms with Crippen LogP contribution in [-0.2, 0) is 15.7 Å². The number of hydrogen-bond donors (Lipinski definition) is 0. The molecule has 0 atom stereocenters. The summed E-state index contributed by atoms with van der Waals surface area (Å²) in [5.74, 6) is -2.47. The van der Waals surface area contributed by atoms with Crippen molar-refractivity contribution in [2.75, 3.05) is 16.9 Å². The van der Waals surface area contributed by atoms with Crippen LogP contribution in [0.15, 0.2) is 36.4 Å². The van der Waals surface area contributed by atoms with Crippen LogP contribution in [0.25, 0.3) is 0 Å². The number of methoxy groups -OCH3 is 1. The lowest BCUT2D eigenvalue weighted by molar-refractivity contribution is -0.137. The van der Waals surface area contributed by atoms with Gasteiger partial charge in [-0.25, -0.2) is 9.18 Å². The summed E-state index contributed by atoms with van der Waals surface area (Å²) in [6, 6.07) is 7.76. The van der Waals surface area contributed by atoms with Gasteiger partial charge in [0, 0.05) is 5.69 Å². The number of carbonyl (C=O) groups excluding carboxylic acids is 2. The van der Waals surface area contributed by atoms with Crippen molar-refractivity contribution in [3.05, 3.63) is 58.9 Å². The van der Waals surface area contributed by atoms with Gasteiger partial charge in [-0.3, -0.25) is 9.69 Å². The minimum Gasteiger partial charge on any atom is -0.465 e. The SMILES string of the molecule is COC(=O)c1ccc(N2C(=S)N(c3ccc(C#N)c(C(F)(F)F)c3)C(=O)C2(C)C)cc1F. The maximum atomic E-state index is 14.5. The quantitative estimate of drug-likeness (QED) is 0.380. The third kappa shape index (κ3) is 3.67. The van der Waals surface area contributed by atoms with E-state index in [0.717, 1.165) is 30.2 Å². The van der Waals surface area contributed by atoms with E-state index in [-0.39, 0.29) is 22.1 Å². The largest absolute Gasteiger partial charge is 0.465 e. The molecule has 0 bridgehead atoms. The van der Waals surface area contributed by atoms with Gasteiger partial charge in [-0.1, -0.05) is 0 Å². The molecule has 0 N–H and O–H groups in total. The molecule has 2 aromatic carbocycles. The number of halogens is 4. The smallest absolute Gasteiger partial charge is 0.417 e. The molecule has 1 amide bonds. The lowest BCUT2D eigenvalue weighted by Crippen LogP contribution is -2.44. The summed E-state index contributed by atoms with van der Waals surface area (Å²) in [7, 11) is 1.09. The van der Waals surface area contributed by atoms with Crippen LogP contribution in [0.3, 0.4) is 0 Å². The fourth-order valence-corrected chi connectivity index (χ4v) is 3.90. The molecule has 1 saturated heterocycles. The van der Waals surface area contributed by atoms with Gasteiger partial charge in [0.15, 0.2) is 5.11 Å². The van der Waals surface area contributed by atoms with E-state index in [1.165, 1.54) is 36.9 Å². The molecule has 0 aliphatic carbocycles. The standard InChI is InChI=1S/C21H15F4N3O3S/c1-20(2)18(30)27(12-5-4-11(10-26)15(8-12)21(23,24)25)19(32)28(20)13-6-7-14(16(22)9-13)17(29)31-3/h4-9H,1-3H3. The van der Waals surface area contributed by atoms with Gasteiger partial charge in [0.1, 0.15) is 11.4 Å². The topological polar surface area (TPSA) is 73.6 Å². The van der Waals surface area contributed by atoms with E-state index in [4.69, 9.17) is 17.5 Å². The summed E-state index contributed by atoms with van der Waals surface area (Å²) < 4.78 is 59.1. The van der Waals surface area contributed by atoms with Crippen molar-refractivity contribution in [3.8, 4) is 6.07 Å². The van der Waals surface area contributed by atoms with Crippen LogP contribution in [0.2, 0.25) is 0 Å². The van der Waals surface area contributed by atoms with Crippen molar-refractivity contribution in [2.24, 2.45) is 0 Å². The van der Waals surface area contributed by atoms with Crippen LogP contribution in [-0.4, -0.2) is 29.6 Å². The van der Waals surface area contributed by atoms with Crippen LogP contribution < -0.4 is 9.80 Å².